The van der Waals surface area contributed by atoms with Gasteiger partial charge in [0.25, 0.3) is 0 Å². The van der Waals surface area contributed by atoms with Crippen molar-refractivity contribution in [2.24, 2.45) is 5.92 Å². The molecule has 3 rings (SSSR count). The van der Waals surface area contributed by atoms with Gasteiger partial charge in [-0.15, -0.1) is 11.3 Å². The minimum absolute atomic E-state index is 0.145. The lowest BCUT2D eigenvalue weighted by Gasteiger charge is -2.30. The SMILES string of the molecule is Cc1ccsc1CN(C(=O)[C@@H]1CC(=O)N(C2CCCC2)C1)C(C)C. The van der Waals surface area contributed by atoms with Crippen LogP contribution >= 0.6 is 11.3 Å². The molecule has 1 atom stereocenters. The van der Waals surface area contributed by atoms with Crippen LogP contribution in [0.4, 0.5) is 0 Å². The predicted molar refractivity (Wildman–Crippen MR) is 96.8 cm³/mol. The Hall–Kier alpha value is -1.36. The van der Waals surface area contributed by atoms with Crippen LogP contribution in [0, 0.1) is 12.8 Å². The molecule has 1 aliphatic carbocycles. The first-order valence-corrected chi connectivity index (χ1v) is 9.98. The van der Waals surface area contributed by atoms with Crippen LogP contribution < -0.4 is 0 Å². The fourth-order valence-electron chi connectivity index (χ4n) is 3.94. The quantitative estimate of drug-likeness (QED) is 0.816. The van der Waals surface area contributed by atoms with E-state index in [2.05, 4.69) is 32.2 Å². The molecule has 132 valence electrons. The third kappa shape index (κ3) is 3.51. The molecule has 1 aliphatic heterocycles. The standard InChI is InChI=1S/C19H28N2O2S/c1-13(2)20(12-17-14(3)8-9-24-17)19(23)15-10-18(22)21(11-15)16-6-4-5-7-16/h8-9,13,15-16H,4-7,10-12H2,1-3H3/t15-/m1/s1. The number of carbonyl (C=O) groups excluding carboxylic acids is 2. The Kier molecular flexibility index (Phi) is 5.28. The lowest BCUT2D eigenvalue weighted by molar-refractivity contribution is -0.138. The van der Waals surface area contributed by atoms with Crippen molar-refractivity contribution in [3.05, 3.63) is 21.9 Å². The van der Waals surface area contributed by atoms with Crippen molar-refractivity contribution in [3.8, 4) is 0 Å². The summed E-state index contributed by atoms with van der Waals surface area (Å²) in [5.41, 5.74) is 1.24. The van der Waals surface area contributed by atoms with Gasteiger partial charge in [-0.1, -0.05) is 12.8 Å². The highest BCUT2D eigenvalue weighted by atomic mass is 32.1. The molecule has 2 aliphatic rings. The third-order valence-electron chi connectivity index (χ3n) is 5.46. The maximum Gasteiger partial charge on any atom is 0.228 e. The second-order valence-electron chi connectivity index (χ2n) is 7.47. The number of amides is 2. The van der Waals surface area contributed by atoms with Gasteiger partial charge in [0.2, 0.25) is 11.8 Å². The van der Waals surface area contributed by atoms with Gasteiger partial charge in [0.15, 0.2) is 0 Å². The molecule has 1 aromatic rings. The van der Waals surface area contributed by atoms with Gasteiger partial charge in [0, 0.05) is 29.9 Å². The van der Waals surface area contributed by atoms with Crippen LogP contribution in [0.15, 0.2) is 11.4 Å². The molecular formula is C19H28N2O2S. The van der Waals surface area contributed by atoms with Crippen molar-refractivity contribution in [2.75, 3.05) is 6.54 Å². The topological polar surface area (TPSA) is 40.6 Å². The molecule has 4 nitrogen and oxygen atoms in total. The summed E-state index contributed by atoms with van der Waals surface area (Å²) in [6.07, 6.45) is 5.03. The number of aryl methyl sites for hydroxylation is 1. The monoisotopic (exact) mass is 348 g/mol. The molecule has 1 saturated heterocycles. The summed E-state index contributed by atoms with van der Waals surface area (Å²) in [4.78, 5) is 30.7. The second-order valence-corrected chi connectivity index (χ2v) is 8.47. The summed E-state index contributed by atoms with van der Waals surface area (Å²) in [7, 11) is 0. The zero-order chi connectivity index (χ0) is 17.3. The van der Waals surface area contributed by atoms with Crippen molar-refractivity contribution in [1.82, 2.24) is 9.80 Å². The maximum atomic E-state index is 13.1. The number of rotatable bonds is 5. The Bertz CT molecular complexity index is 604. The Morgan fingerprint density at radius 1 is 1.38 bits per heavy atom. The molecule has 1 saturated carbocycles. The fraction of sp³-hybridized carbons (Fsp3) is 0.684. The van der Waals surface area contributed by atoms with Crippen LogP contribution in [0.5, 0.6) is 0 Å². The maximum absolute atomic E-state index is 13.1. The molecule has 1 aromatic heterocycles. The van der Waals surface area contributed by atoms with E-state index < -0.39 is 0 Å². The van der Waals surface area contributed by atoms with Crippen molar-refractivity contribution in [2.45, 2.75) is 71.5 Å². The Balaban J connectivity index is 1.69. The molecule has 0 aromatic carbocycles. The zero-order valence-corrected chi connectivity index (χ0v) is 15.8. The lowest BCUT2D eigenvalue weighted by Crippen LogP contribution is -2.42. The molecule has 5 heteroatoms. The number of thiophene rings is 1. The average Bonchev–Trinajstić information content (AvgIpc) is 3.25. The summed E-state index contributed by atoms with van der Waals surface area (Å²) in [5.74, 6) is 0.156. The predicted octanol–water partition coefficient (Wildman–Crippen LogP) is 3.58. The number of nitrogens with zero attached hydrogens (tertiary/aromatic N) is 2. The minimum Gasteiger partial charge on any atom is -0.339 e. The van der Waals surface area contributed by atoms with Crippen LogP contribution in [0.25, 0.3) is 0 Å². The van der Waals surface area contributed by atoms with Gasteiger partial charge in [-0.3, -0.25) is 9.59 Å². The van der Waals surface area contributed by atoms with Gasteiger partial charge in [-0.25, -0.2) is 0 Å². The van der Waals surface area contributed by atoms with Gasteiger partial charge in [-0.2, -0.15) is 0 Å². The molecule has 0 spiro atoms. The van der Waals surface area contributed by atoms with Crippen molar-refractivity contribution < 1.29 is 9.59 Å². The molecular weight excluding hydrogens is 320 g/mol. The van der Waals surface area contributed by atoms with Crippen LogP contribution in [0.1, 0.15) is 56.4 Å². The molecule has 24 heavy (non-hydrogen) atoms. The van der Waals surface area contributed by atoms with Gasteiger partial charge in [0.05, 0.1) is 12.5 Å². The molecule has 0 N–H and O–H groups in total. The van der Waals surface area contributed by atoms with Gasteiger partial charge in [0.1, 0.15) is 0 Å². The average molecular weight is 349 g/mol. The fourth-order valence-corrected chi connectivity index (χ4v) is 4.84. The van der Waals surface area contributed by atoms with Crippen molar-refractivity contribution in [3.63, 3.8) is 0 Å². The van der Waals surface area contributed by atoms with E-state index in [1.165, 1.54) is 23.3 Å². The molecule has 2 fully saturated rings. The summed E-state index contributed by atoms with van der Waals surface area (Å²) in [5, 5.41) is 2.08. The zero-order valence-electron chi connectivity index (χ0n) is 15.0. The first kappa shape index (κ1) is 17.5. The molecule has 2 amide bonds. The minimum atomic E-state index is -0.166. The van der Waals surface area contributed by atoms with Crippen LogP contribution in [-0.2, 0) is 16.1 Å². The third-order valence-corrected chi connectivity index (χ3v) is 6.47. The second kappa shape index (κ2) is 7.26. The smallest absolute Gasteiger partial charge is 0.228 e. The first-order chi connectivity index (χ1) is 11.5. The lowest BCUT2D eigenvalue weighted by atomic mass is 10.1. The molecule has 2 heterocycles. The van der Waals surface area contributed by atoms with E-state index in [0.717, 1.165) is 12.8 Å². The van der Waals surface area contributed by atoms with Gasteiger partial charge in [-0.05, 0) is 50.6 Å². The molecule has 0 radical (unpaired) electrons. The van der Waals surface area contributed by atoms with E-state index in [0.29, 0.717) is 25.6 Å². The van der Waals surface area contributed by atoms with Crippen LogP contribution in [0.3, 0.4) is 0 Å². The van der Waals surface area contributed by atoms with Crippen LogP contribution in [0.2, 0.25) is 0 Å². The Labute approximate surface area is 148 Å². The number of hydrogen-bond donors (Lipinski definition) is 0. The number of likely N-dealkylation sites (tertiary alicyclic amines) is 1. The molecule has 0 bridgehead atoms. The summed E-state index contributed by atoms with van der Waals surface area (Å²) >= 11 is 1.71. The normalized spacial score (nSPS) is 21.9. The number of hydrogen-bond acceptors (Lipinski definition) is 3. The highest BCUT2D eigenvalue weighted by molar-refractivity contribution is 7.10. The van der Waals surface area contributed by atoms with Crippen LogP contribution in [-0.4, -0.2) is 40.2 Å². The van der Waals surface area contributed by atoms with E-state index >= 15 is 0 Å². The largest absolute Gasteiger partial charge is 0.339 e. The van der Waals surface area contributed by atoms with E-state index in [9.17, 15) is 9.59 Å². The van der Waals surface area contributed by atoms with Crippen molar-refractivity contribution >= 4 is 23.2 Å². The summed E-state index contributed by atoms with van der Waals surface area (Å²) in [6, 6.07) is 2.63. The Morgan fingerprint density at radius 2 is 2.08 bits per heavy atom. The Morgan fingerprint density at radius 3 is 2.67 bits per heavy atom. The van der Waals surface area contributed by atoms with Gasteiger partial charge < -0.3 is 9.80 Å². The van der Waals surface area contributed by atoms with Gasteiger partial charge >= 0.3 is 0 Å². The van der Waals surface area contributed by atoms with E-state index in [1.807, 2.05) is 9.80 Å². The van der Waals surface area contributed by atoms with E-state index in [4.69, 9.17) is 0 Å². The van der Waals surface area contributed by atoms with E-state index in [1.54, 1.807) is 11.3 Å². The summed E-state index contributed by atoms with van der Waals surface area (Å²) in [6.45, 7) is 7.50. The highest BCUT2D eigenvalue weighted by Crippen LogP contribution is 2.31. The molecule has 0 unspecified atom stereocenters. The highest BCUT2D eigenvalue weighted by Gasteiger charge is 2.40. The number of carbonyl (C=O) groups is 2. The summed E-state index contributed by atoms with van der Waals surface area (Å²) < 4.78 is 0. The van der Waals surface area contributed by atoms with Crippen molar-refractivity contribution in [1.29, 1.82) is 0 Å². The van der Waals surface area contributed by atoms with E-state index in [-0.39, 0.29) is 23.8 Å². The first-order valence-electron chi connectivity index (χ1n) is 9.10.